The molecule has 1 atom stereocenters. The summed E-state index contributed by atoms with van der Waals surface area (Å²) in [6.07, 6.45) is 0.711. The van der Waals surface area contributed by atoms with Crippen LogP contribution in [0.15, 0.2) is 16.6 Å². The van der Waals surface area contributed by atoms with E-state index in [-0.39, 0.29) is 23.1 Å². The van der Waals surface area contributed by atoms with E-state index in [2.05, 4.69) is 21.2 Å². The predicted molar refractivity (Wildman–Crippen MR) is 62.9 cm³/mol. The topological polar surface area (TPSA) is 30.5 Å². The average molecular weight is 308 g/mol. The van der Waals surface area contributed by atoms with Gasteiger partial charge in [-0.15, -0.1) is 0 Å². The molecule has 0 aromatic heterocycles. The van der Waals surface area contributed by atoms with Gasteiger partial charge in [-0.2, -0.15) is 0 Å². The van der Waals surface area contributed by atoms with Gasteiger partial charge in [0.15, 0.2) is 0 Å². The summed E-state index contributed by atoms with van der Waals surface area (Å²) in [6.45, 7) is 1.31. The Morgan fingerprint density at radius 1 is 1.35 bits per heavy atom. The van der Waals surface area contributed by atoms with Crippen molar-refractivity contribution >= 4 is 21.6 Å². The molecule has 0 spiro atoms. The highest BCUT2D eigenvalue weighted by Gasteiger charge is 2.15. The molecule has 3 nitrogen and oxygen atoms in total. The number of hydrogen-bond acceptors (Lipinski definition) is 3. The highest BCUT2D eigenvalue weighted by atomic mass is 79.9. The lowest BCUT2D eigenvalue weighted by Crippen LogP contribution is -2.30. The van der Waals surface area contributed by atoms with Gasteiger partial charge in [-0.05, 0) is 28.4 Å². The van der Waals surface area contributed by atoms with Crippen molar-refractivity contribution in [1.29, 1.82) is 0 Å². The van der Waals surface area contributed by atoms with Crippen LogP contribution >= 0.6 is 15.9 Å². The molecule has 17 heavy (non-hydrogen) atoms. The molecule has 0 amide bonds. The maximum atomic E-state index is 13.5. The molecule has 1 aromatic rings. The van der Waals surface area contributed by atoms with E-state index in [0.29, 0.717) is 13.2 Å². The van der Waals surface area contributed by atoms with Crippen LogP contribution in [0.1, 0.15) is 6.42 Å². The van der Waals surface area contributed by atoms with Crippen LogP contribution in [-0.4, -0.2) is 26.0 Å². The van der Waals surface area contributed by atoms with Crippen LogP contribution in [0.3, 0.4) is 0 Å². The first-order valence-corrected chi connectivity index (χ1v) is 6.04. The van der Waals surface area contributed by atoms with Gasteiger partial charge in [-0.3, -0.25) is 0 Å². The minimum absolute atomic E-state index is 0.0325. The Bertz CT molecular complexity index is 397. The normalized spacial score (nSPS) is 20.3. The lowest BCUT2D eigenvalue weighted by molar-refractivity contribution is -0.133. The van der Waals surface area contributed by atoms with Crippen LogP contribution in [0.2, 0.25) is 0 Å². The minimum Gasteiger partial charge on any atom is -0.380 e. The Morgan fingerprint density at radius 2 is 2.18 bits per heavy atom. The second kappa shape index (κ2) is 5.75. The number of ether oxygens (including phenoxy) is 2. The van der Waals surface area contributed by atoms with Crippen LogP contribution in [0.4, 0.5) is 14.5 Å². The second-order valence-corrected chi connectivity index (χ2v) is 4.58. The van der Waals surface area contributed by atoms with Crippen molar-refractivity contribution in [3.8, 4) is 0 Å². The molecule has 0 radical (unpaired) electrons. The summed E-state index contributed by atoms with van der Waals surface area (Å²) in [6, 6.07) is 2.22. The third-order valence-corrected chi connectivity index (χ3v) is 3.11. The first kappa shape index (κ1) is 12.7. The van der Waals surface area contributed by atoms with Crippen LogP contribution in [0, 0.1) is 11.6 Å². The fourth-order valence-corrected chi connectivity index (χ4v) is 1.86. The van der Waals surface area contributed by atoms with Gasteiger partial charge in [-0.1, -0.05) is 0 Å². The number of benzene rings is 1. The van der Waals surface area contributed by atoms with Crippen molar-refractivity contribution in [1.82, 2.24) is 0 Å². The predicted octanol–water partition coefficient (Wildman–Crippen LogP) is 2.90. The van der Waals surface area contributed by atoms with E-state index in [1.54, 1.807) is 0 Å². The van der Waals surface area contributed by atoms with Crippen molar-refractivity contribution < 1.29 is 18.3 Å². The number of anilines is 1. The molecule has 0 aliphatic carbocycles. The zero-order valence-corrected chi connectivity index (χ0v) is 10.6. The molecular weight excluding hydrogens is 296 g/mol. The Balaban J connectivity index is 1.96. The van der Waals surface area contributed by atoms with Gasteiger partial charge in [0, 0.05) is 12.6 Å². The summed E-state index contributed by atoms with van der Waals surface area (Å²) in [4.78, 5) is 0. The van der Waals surface area contributed by atoms with Crippen molar-refractivity contribution in [3.05, 3.63) is 28.2 Å². The Hall–Kier alpha value is -0.720. The van der Waals surface area contributed by atoms with E-state index in [4.69, 9.17) is 9.47 Å². The lowest BCUT2D eigenvalue weighted by atomic mass is 10.2. The molecule has 1 unspecified atom stereocenters. The van der Waals surface area contributed by atoms with Crippen molar-refractivity contribution in [2.24, 2.45) is 0 Å². The first-order valence-electron chi connectivity index (χ1n) is 5.24. The zero-order chi connectivity index (χ0) is 12.3. The minimum atomic E-state index is -0.498. The molecule has 0 saturated carbocycles. The van der Waals surface area contributed by atoms with Gasteiger partial charge >= 0.3 is 0 Å². The Kier molecular flexibility index (Phi) is 4.31. The largest absolute Gasteiger partial charge is 0.380 e. The third kappa shape index (κ3) is 3.37. The van der Waals surface area contributed by atoms with Gasteiger partial charge in [0.25, 0.3) is 0 Å². The van der Waals surface area contributed by atoms with Crippen molar-refractivity contribution in [3.63, 3.8) is 0 Å². The van der Waals surface area contributed by atoms with Gasteiger partial charge in [-0.25, -0.2) is 8.78 Å². The van der Waals surface area contributed by atoms with Crippen molar-refractivity contribution in [2.75, 3.05) is 25.3 Å². The molecule has 1 aliphatic heterocycles. The molecule has 1 aromatic carbocycles. The van der Waals surface area contributed by atoms with Gasteiger partial charge < -0.3 is 14.8 Å². The van der Waals surface area contributed by atoms with Crippen molar-refractivity contribution in [2.45, 2.75) is 12.5 Å². The third-order valence-electron chi connectivity index (χ3n) is 2.50. The fraction of sp³-hybridized carbons (Fsp3) is 0.455. The van der Waals surface area contributed by atoms with E-state index < -0.39 is 11.6 Å². The smallest absolute Gasteiger partial charge is 0.147 e. The highest BCUT2D eigenvalue weighted by Crippen LogP contribution is 2.23. The molecule has 1 N–H and O–H groups in total. The molecule has 94 valence electrons. The molecular formula is C11H12BrF2NO2. The number of hydrogen-bond donors (Lipinski definition) is 1. The molecule has 6 heteroatoms. The number of rotatable bonds is 3. The highest BCUT2D eigenvalue weighted by molar-refractivity contribution is 9.10. The summed E-state index contributed by atoms with van der Waals surface area (Å²) in [5.74, 6) is -0.993. The second-order valence-electron chi connectivity index (χ2n) is 3.73. The van der Waals surface area contributed by atoms with Crippen LogP contribution < -0.4 is 5.32 Å². The molecule has 1 aliphatic rings. The van der Waals surface area contributed by atoms with E-state index in [0.717, 1.165) is 18.6 Å². The summed E-state index contributed by atoms with van der Waals surface area (Å²) >= 11 is 2.92. The Morgan fingerprint density at radius 3 is 2.88 bits per heavy atom. The molecule has 0 bridgehead atoms. The monoisotopic (exact) mass is 307 g/mol. The van der Waals surface area contributed by atoms with Gasteiger partial charge in [0.1, 0.15) is 18.4 Å². The standard InChI is InChI=1S/C11H12BrF2NO2/c12-8-3-10(14)11(4-9(8)13)15-5-7-1-2-16-6-17-7/h3-4,7,15H,1-2,5-6H2. The SMILES string of the molecule is Fc1cc(NCC2CCOCO2)c(F)cc1Br. The van der Waals surface area contributed by atoms with E-state index in [9.17, 15) is 8.78 Å². The summed E-state index contributed by atoms with van der Waals surface area (Å²) in [5.41, 5.74) is 0.140. The summed E-state index contributed by atoms with van der Waals surface area (Å²) < 4.78 is 37.1. The van der Waals surface area contributed by atoms with Gasteiger partial charge in [0.2, 0.25) is 0 Å². The molecule has 1 heterocycles. The molecule has 2 rings (SSSR count). The van der Waals surface area contributed by atoms with E-state index in [1.165, 1.54) is 0 Å². The number of halogens is 3. The van der Waals surface area contributed by atoms with E-state index in [1.807, 2.05) is 0 Å². The lowest BCUT2D eigenvalue weighted by Gasteiger charge is -2.23. The first-order chi connectivity index (χ1) is 8.16. The Labute approximate surface area is 106 Å². The maximum Gasteiger partial charge on any atom is 0.147 e. The van der Waals surface area contributed by atoms with E-state index >= 15 is 0 Å². The summed E-state index contributed by atoms with van der Waals surface area (Å²) in [5, 5.41) is 2.83. The average Bonchev–Trinajstić information content (AvgIpc) is 2.33. The van der Waals surface area contributed by atoms with Crippen LogP contribution in [-0.2, 0) is 9.47 Å². The molecule has 1 saturated heterocycles. The quantitative estimate of drug-likeness (QED) is 0.871. The summed E-state index contributed by atoms with van der Waals surface area (Å²) in [7, 11) is 0. The fourth-order valence-electron chi connectivity index (χ4n) is 1.54. The van der Waals surface area contributed by atoms with Crippen LogP contribution in [0.5, 0.6) is 0 Å². The van der Waals surface area contributed by atoms with Crippen LogP contribution in [0.25, 0.3) is 0 Å². The van der Waals surface area contributed by atoms with Gasteiger partial charge in [0.05, 0.1) is 22.9 Å². The zero-order valence-electron chi connectivity index (χ0n) is 9.01. The maximum absolute atomic E-state index is 13.5. The number of nitrogens with one attached hydrogen (secondary N) is 1. The molecule has 1 fully saturated rings.